The molecule has 1 N–H and O–H groups in total. The van der Waals surface area contributed by atoms with Gasteiger partial charge in [0.05, 0.1) is 12.7 Å². The van der Waals surface area contributed by atoms with Crippen LogP contribution in [0.25, 0.3) is 22.8 Å². The molecule has 1 aromatic carbocycles. The van der Waals surface area contributed by atoms with Gasteiger partial charge in [-0.1, -0.05) is 48.5 Å². The molecular weight excluding hydrogens is 314 g/mol. The Morgan fingerprint density at radius 3 is 2.44 bits per heavy atom. The van der Waals surface area contributed by atoms with Crippen molar-refractivity contribution in [1.29, 1.82) is 0 Å². The number of amides is 1. The lowest BCUT2D eigenvalue weighted by Crippen LogP contribution is -2.03. The largest absolute Gasteiger partial charge is 0.465 e. The lowest BCUT2D eigenvalue weighted by Gasteiger charge is -2.00. The van der Waals surface area contributed by atoms with E-state index in [1.165, 1.54) is 7.11 Å². The van der Waals surface area contributed by atoms with Crippen LogP contribution in [0.4, 0.5) is 5.69 Å². The average Bonchev–Trinajstić information content (AvgIpc) is 3.00. The van der Waals surface area contributed by atoms with Crippen LogP contribution in [0.15, 0.2) is 60.7 Å². The minimum atomic E-state index is -0.392. The maximum Gasteiger partial charge on any atom is 0.338 e. The monoisotopic (exact) mass is 329 g/mol. The Labute approximate surface area is 145 Å². The number of hydrogen-bond donors (Lipinski definition) is 1. The Hall–Kier alpha value is -3.40. The molecule has 0 aromatic heterocycles. The van der Waals surface area contributed by atoms with Gasteiger partial charge in [0.15, 0.2) is 0 Å². The number of carbonyl (C=O) groups is 2. The number of carbonyl (C=O) groups excluding carboxylic acids is 2. The third kappa shape index (κ3) is 2.48. The number of rotatable bonds is 2. The van der Waals surface area contributed by atoms with E-state index in [1.54, 1.807) is 6.07 Å². The Bertz CT molecular complexity index is 1000. The fourth-order valence-electron chi connectivity index (χ4n) is 3.18. The molecule has 0 atom stereocenters. The number of benzene rings is 1. The van der Waals surface area contributed by atoms with E-state index in [0.29, 0.717) is 11.1 Å². The highest BCUT2D eigenvalue weighted by Crippen LogP contribution is 2.38. The second kappa shape index (κ2) is 5.91. The fraction of sp³-hybridized carbons (Fsp3) is 0.0476. The molecule has 1 amide bonds. The number of anilines is 1. The van der Waals surface area contributed by atoms with Crippen molar-refractivity contribution in [3.05, 3.63) is 77.4 Å². The van der Waals surface area contributed by atoms with Crippen LogP contribution in [-0.4, -0.2) is 19.0 Å². The first kappa shape index (κ1) is 15.1. The molecule has 2 aliphatic carbocycles. The summed E-state index contributed by atoms with van der Waals surface area (Å²) in [5.74, 6) is -0.535. The first-order valence-corrected chi connectivity index (χ1v) is 7.91. The van der Waals surface area contributed by atoms with E-state index < -0.39 is 5.97 Å². The smallest absolute Gasteiger partial charge is 0.338 e. The van der Waals surface area contributed by atoms with Gasteiger partial charge in [0, 0.05) is 16.8 Å². The minimum Gasteiger partial charge on any atom is -0.465 e. The van der Waals surface area contributed by atoms with Crippen molar-refractivity contribution < 1.29 is 14.3 Å². The Balaban J connectivity index is 1.91. The highest BCUT2D eigenvalue weighted by Gasteiger charge is 2.25. The topological polar surface area (TPSA) is 55.4 Å². The van der Waals surface area contributed by atoms with Crippen molar-refractivity contribution in [3.8, 4) is 11.1 Å². The van der Waals surface area contributed by atoms with E-state index in [0.717, 1.165) is 27.9 Å². The van der Waals surface area contributed by atoms with E-state index in [-0.39, 0.29) is 5.91 Å². The lowest BCUT2D eigenvalue weighted by molar-refractivity contribution is -0.110. The third-order valence-electron chi connectivity index (χ3n) is 4.35. The Morgan fingerprint density at radius 1 is 0.960 bits per heavy atom. The first-order chi connectivity index (χ1) is 12.2. The molecule has 0 radical (unpaired) electrons. The normalized spacial score (nSPS) is 14.4. The van der Waals surface area contributed by atoms with Crippen molar-refractivity contribution in [2.24, 2.45) is 0 Å². The summed E-state index contributed by atoms with van der Waals surface area (Å²) >= 11 is 0. The van der Waals surface area contributed by atoms with E-state index in [9.17, 15) is 9.59 Å². The molecule has 0 unspecified atom stereocenters. The number of methoxy groups -OCH3 is 1. The van der Waals surface area contributed by atoms with Gasteiger partial charge in [0.1, 0.15) is 0 Å². The van der Waals surface area contributed by atoms with Crippen LogP contribution in [0.3, 0.4) is 0 Å². The molecule has 25 heavy (non-hydrogen) atoms. The number of esters is 1. The summed E-state index contributed by atoms with van der Waals surface area (Å²) in [5, 5.41) is 2.86. The second-order valence-electron chi connectivity index (χ2n) is 5.80. The predicted octanol–water partition coefficient (Wildman–Crippen LogP) is 4.07. The second-order valence-corrected chi connectivity index (χ2v) is 5.80. The zero-order chi connectivity index (χ0) is 17.4. The van der Waals surface area contributed by atoms with Crippen LogP contribution < -0.4 is 5.32 Å². The first-order valence-electron chi connectivity index (χ1n) is 7.91. The molecule has 0 fully saturated rings. The minimum absolute atomic E-state index is 0.143. The summed E-state index contributed by atoms with van der Waals surface area (Å²) in [5.41, 5.74) is 5.26. The third-order valence-corrected chi connectivity index (χ3v) is 4.35. The van der Waals surface area contributed by atoms with E-state index in [1.807, 2.05) is 60.7 Å². The lowest BCUT2D eigenvalue weighted by atomic mass is 10.0. The molecular formula is C21H15NO3. The van der Waals surface area contributed by atoms with E-state index >= 15 is 0 Å². The zero-order valence-corrected chi connectivity index (χ0v) is 13.6. The van der Waals surface area contributed by atoms with Gasteiger partial charge in [-0.25, -0.2) is 4.79 Å². The maximum atomic E-state index is 12.4. The van der Waals surface area contributed by atoms with Crippen LogP contribution >= 0.6 is 0 Å². The molecule has 3 aliphatic rings. The highest BCUT2D eigenvalue weighted by atomic mass is 16.5. The molecule has 0 saturated heterocycles. The van der Waals surface area contributed by atoms with E-state index in [2.05, 4.69) is 5.32 Å². The summed E-state index contributed by atoms with van der Waals surface area (Å²) in [4.78, 5) is 24.5. The standard InChI is InChI=1S/C21H15NO3/c1-25-21(24)18-12-13(14-7-3-2-4-8-15(14)18)11-17-16-9-5-6-10-19(16)22-20(17)23/h2-12H,1H3,(H,22,23)/b17-11-. The van der Waals surface area contributed by atoms with Gasteiger partial charge in [-0.15, -0.1) is 0 Å². The quantitative estimate of drug-likeness (QED) is 0.569. The number of fused-ring (bicyclic) bond motifs is 2. The van der Waals surface area contributed by atoms with Crippen LogP contribution in [-0.2, 0) is 9.53 Å². The molecule has 4 heteroatoms. The Morgan fingerprint density at radius 2 is 1.64 bits per heavy atom. The predicted molar refractivity (Wildman–Crippen MR) is 97.3 cm³/mol. The Kier molecular flexibility index (Phi) is 3.58. The molecule has 4 nitrogen and oxygen atoms in total. The number of ether oxygens (including phenoxy) is 1. The molecule has 0 bridgehead atoms. The van der Waals surface area contributed by atoms with Gasteiger partial charge in [-0.05, 0) is 34.9 Å². The van der Waals surface area contributed by atoms with Gasteiger partial charge < -0.3 is 10.1 Å². The molecule has 122 valence electrons. The summed E-state index contributed by atoms with van der Waals surface area (Å²) in [6.45, 7) is 0. The number of para-hydroxylation sites is 1. The molecule has 0 spiro atoms. The SMILES string of the molecule is COC(=O)c1cc(/C=C2\C(=O)Nc3ccccc32)c2cccccc1-2. The highest BCUT2D eigenvalue weighted by molar-refractivity contribution is 6.35. The fourth-order valence-corrected chi connectivity index (χ4v) is 3.18. The molecule has 1 aromatic rings. The van der Waals surface area contributed by atoms with Crippen molar-refractivity contribution >= 4 is 29.2 Å². The zero-order valence-electron chi connectivity index (χ0n) is 13.6. The van der Waals surface area contributed by atoms with Gasteiger partial charge in [0.2, 0.25) is 0 Å². The summed E-state index contributed by atoms with van der Waals surface area (Å²) in [7, 11) is 1.36. The maximum absolute atomic E-state index is 12.4. The van der Waals surface area contributed by atoms with Crippen molar-refractivity contribution in [1.82, 2.24) is 0 Å². The van der Waals surface area contributed by atoms with Gasteiger partial charge in [-0.3, -0.25) is 4.79 Å². The number of hydrogen-bond acceptors (Lipinski definition) is 3. The van der Waals surface area contributed by atoms with Crippen LogP contribution in [0.2, 0.25) is 0 Å². The van der Waals surface area contributed by atoms with Crippen molar-refractivity contribution in [3.63, 3.8) is 0 Å². The van der Waals surface area contributed by atoms with Crippen LogP contribution in [0.1, 0.15) is 21.5 Å². The van der Waals surface area contributed by atoms with E-state index in [4.69, 9.17) is 4.74 Å². The summed E-state index contributed by atoms with van der Waals surface area (Å²) < 4.78 is 4.90. The van der Waals surface area contributed by atoms with Gasteiger partial charge in [-0.2, -0.15) is 0 Å². The van der Waals surface area contributed by atoms with Crippen molar-refractivity contribution in [2.75, 3.05) is 12.4 Å². The average molecular weight is 329 g/mol. The van der Waals surface area contributed by atoms with Crippen molar-refractivity contribution in [2.45, 2.75) is 0 Å². The molecule has 0 saturated carbocycles. The van der Waals surface area contributed by atoms with Gasteiger partial charge in [0.25, 0.3) is 5.91 Å². The molecule has 1 aliphatic heterocycles. The molecule has 4 rings (SSSR count). The summed E-state index contributed by atoms with van der Waals surface area (Å²) in [6, 6.07) is 18.8. The van der Waals surface area contributed by atoms with Crippen LogP contribution in [0.5, 0.6) is 0 Å². The van der Waals surface area contributed by atoms with Crippen LogP contribution in [0, 0.1) is 0 Å². The number of nitrogens with one attached hydrogen (secondary N) is 1. The van der Waals surface area contributed by atoms with Gasteiger partial charge >= 0.3 is 5.97 Å². The molecule has 1 heterocycles. The summed E-state index contributed by atoms with van der Waals surface area (Å²) in [6.07, 6.45) is 1.83.